The van der Waals surface area contributed by atoms with Crippen LogP contribution in [0.1, 0.15) is 43.9 Å². The fraction of sp³-hybridized carbons (Fsp3) is 0.500. The Kier molecular flexibility index (Phi) is 4.41. The third-order valence-electron chi connectivity index (χ3n) is 4.16. The molecule has 1 aliphatic heterocycles. The van der Waals surface area contributed by atoms with Gasteiger partial charge in [-0.05, 0) is 30.5 Å². The normalized spacial score (nSPS) is 21.3. The molecule has 0 aliphatic carbocycles. The molecule has 0 spiro atoms. The minimum absolute atomic E-state index is 0.310. The summed E-state index contributed by atoms with van der Waals surface area (Å²) in [5, 5.41) is 9.03. The van der Waals surface area contributed by atoms with Gasteiger partial charge in [-0.3, -0.25) is 9.59 Å². The van der Waals surface area contributed by atoms with E-state index in [-0.39, 0.29) is 5.91 Å². The van der Waals surface area contributed by atoms with Gasteiger partial charge >= 0.3 is 12.1 Å². The van der Waals surface area contributed by atoms with Gasteiger partial charge in [0.05, 0.1) is 11.6 Å². The number of amides is 1. The SMILES string of the molecule is CC1(C)CC[C@@H](c2cccc(C(F)(F)F)c2)N(CC(=O)O)C1=O. The van der Waals surface area contributed by atoms with Crippen LogP contribution in [0.2, 0.25) is 0 Å². The molecule has 1 aromatic rings. The van der Waals surface area contributed by atoms with Crippen molar-refractivity contribution in [3.63, 3.8) is 0 Å². The number of rotatable bonds is 3. The summed E-state index contributed by atoms with van der Waals surface area (Å²) in [6.07, 6.45) is -3.57. The third-order valence-corrected chi connectivity index (χ3v) is 4.16. The smallest absolute Gasteiger partial charge is 0.416 e. The predicted molar refractivity (Wildman–Crippen MR) is 76.5 cm³/mol. The number of piperidine rings is 1. The molecule has 1 fully saturated rings. The lowest BCUT2D eigenvalue weighted by atomic mass is 9.78. The second kappa shape index (κ2) is 5.86. The Labute approximate surface area is 131 Å². The monoisotopic (exact) mass is 329 g/mol. The molecule has 1 aromatic carbocycles. The highest BCUT2D eigenvalue weighted by Gasteiger charge is 2.42. The van der Waals surface area contributed by atoms with Crippen LogP contribution in [0.15, 0.2) is 24.3 Å². The average molecular weight is 329 g/mol. The molecule has 1 heterocycles. The Morgan fingerprint density at radius 3 is 2.61 bits per heavy atom. The number of likely N-dealkylation sites (tertiary alicyclic amines) is 1. The molecule has 0 aromatic heterocycles. The largest absolute Gasteiger partial charge is 0.480 e. The summed E-state index contributed by atoms with van der Waals surface area (Å²) in [5.74, 6) is -1.54. The van der Waals surface area contributed by atoms with Crippen molar-refractivity contribution >= 4 is 11.9 Å². The highest BCUT2D eigenvalue weighted by molar-refractivity contribution is 5.86. The molecule has 1 atom stereocenters. The van der Waals surface area contributed by atoms with Crippen LogP contribution in [0.5, 0.6) is 0 Å². The van der Waals surface area contributed by atoms with Crippen LogP contribution in [0, 0.1) is 5.41 Å². The summed E-state index contributed by atoms with van der Waals surface area (Å²) in [4.78, 5) is 24.7. The summed E-state index contributed by atoms with van der Waals surface area (Å²) < 4.78 is 38.6. The number of alkyl halides is 3. The molecular formula is C16H18F3NO3. The van der Waals surface area contributed by atoms with Gasteiger partial charge in [0.2, 0.25) is 5.91 Å². The minimum atomic E-state index is -4.48. The van der Waals surface area contributed by atoms with Gasteiger partial charge in [-0.25, -0.2) is 0 Å². The zero-order valence-electron chi connectivity index (χ0n) is 12.9. The molecule has 1 aliphatic rings. The molecule has 7 heteroatoms. The zero-order valence-corrected chi connectivity index (χ0v) is 12.9. The number of hydrogen-bond acceptors (Lipinski definition) is 2. The van der Waals surface area contributed by atoms with E-state index in [0.717, 1.165) is 12.1 Å². The summed E-state index contributed by atoms with van der Waals surface area (Å²) in [6.45, 7) is 2.91. The first kappa shape index (κ1) is 17.3. The van der Waals surface area contributed by atoms with E-state index in [9.17, 15) is 22.8 Å². The van der Waals surface area contributed by atoms with Crippen LogP contribution in [0.25, 0.3) is 0 Å². The number of nitrogens with zero attached hydrogens (tertiary/aromatic N) is 1. The molecule has 0 radical (unpaired) electrons. The van der Waals surface area contributed by atoms with E-state index >= 15 is 0 Å². The van der Waals surface area contributed by atoms with Gasteiger partial charge in [-0.1, -0.05) is 26.0 Å². The molecule has 4 nitrogen and oxygen atoms in total. The van der Waals surface area contributed by atoms with Crippen LogP contribution in [-0.2, 0) is 15.8 Å². The molecule has 0 unspecified atom stereocenters. The zero-order chi connectivity index (χ0) is 17.4. The van der Waals surface area contributed by atoms with E-state index in [1.165, 1.54) is 17.0 Å². The number of halogens is 3. The van der Waals surface area contributed by atoms with Crippen LogP contribution in [0.3, 0.4) is 0 Å². The van der Waals surface area contributed by atoms with Gasteiger partial charge in [-0.2, -0.15) is 13.2 Å². The van der Waals surface area contributed by atoms with Crippen molar-refractivity contribution in [3.8, 4) is 0 Å². The van der Waals surface area contributed by atoms with Gasteiger partial charge in [0, 0.05) is 5.41 Å². The topological polar surface area (TPSA) is 57.6 Å². The van der Waals surface area contributed by atoms with E-state index in [2.05, 4.69) is 0 Å². The third kappa shape index (κ3) is 3.65. The van der Waals surface area contributed by atoms with E-state index < -0.39 is 35.7 Å². The maximum atomic E-state index is 12.9. The second-order valence-corrected chi connectivity index (χ2v) is 6.39. The lowest BCUT2D eigenvalue weighted by Crippen LogP contribution is -2.49. The fourth-order valence-electron chi connectivity index (χ4n) is 2.89. The summed E-state index contributed by atoms with van der Waals surface area (Å²) >= 11 is 0. The predicted octanol–water partition coefficient (Wildman–Crippen LogP) is 3.48. The summed E-state index contributed by atoms with van der Waals surface area (Å²) in [7, 11) is 0. The fourth-order valence-corrected chi connectivity index (χ4v) is 2.89. The first-order chi connectivity index (χ1) is 10.5. The van der Waals surface area contributed by atoms with Crippen molar-refractivity contribution in [2.24, 2.45) is 5.41 Å². The number of carboxylic acids is 1. The average Bonchev–Trinajstić information content (AvgIpc) is 2.43. The van der Waals surface area contributed by atoms with Crippen molar-refractivity contribution in [3.05, 3.63) is 35.4 Å². The van der Waals surface area contributed by atoms with Gasteiger partial charge in [0.15, 0.2) is 0 Å². The molecule has 1 saturated heterocycles. The second-order valence-electron chi connectivity index (χ2n) is 6.39. The van der Waals surface area contributed by atoms with Gasteiger partial charge < -0.3 is 10.0 Å². The number of carbonyl (C=O) groups excluding carboxylic acids is 1. The lowest BCUT2D eigenvalue weighted by Gasteiger charge is -2.42. The number of carbonyl (C=O) groups is 2. The Hall–Kier alpha value is -2.05. The van der Waals surface area contributed by atoms with Gasteiger partial charge in [-0.15, -0.1) is 0 Å². The van der Waals surface area contributed by atoms with E-state index in [1.807, 2.05) is 0 Å². The molecule has 126 valence electrons. The lowest BCUT2D eigenvalue weighted by molar-refractivity contribution is -0.155. The van der Waals surface area contributed by atoms with Crippen molar-refractivity contribution in [1.82, 2.24) is 4.90 Å². The quantitative estimate of drug-likeness (QED) is 0.924. The number of carboxylic acid groups (broad SMARTS) is 1. The van der Waals surface area contributed by atoms with Crippen LogP contribution in [-0.4, -0.2) is 28.4 Å². The number of benzene rings is 1. The highest BCUT2D eigenvalue weighted by atomic mass is 19.4. The standard InChI is InChI=1S/C16H18F3NO3/c1-15(2)7-6-12(20(14(15)23)9-13(21)22)10-4-3-5-11(8-10)16(17,18)19/h3-5,8,12H,6-7,9H2,1-2H3,(H,21,22)/t12-/m0/s1. The van der Waals surface area contributed by atoms with Crippen molar-refractivity contribution in [2.45, 2.75) is 38.9 Å². The van der Waals surface area contributed by atoms with E-state index in [1.54, 1.807) is 13.8 Å². The minimum Gasteiger partial charge on any atom is -0.480 e. The Morgan fingerprint density at radius 1 is 1.39 bits per heavy atom. The Bertz CT molecular complexity index is 625. The molecular weight excluding hydrogens is 311 g/mol. The number of aliphatic carboxylic acids is 1. The number of hydrogen-bond donors (Lipinski definition) is 1. The maximum Gasteiger partial charge on any atom is 0.416 e. The van der Waals surface area contributed by atoms with Crippen LogP contribution >= 0.6 is 0 Å². The van der Waals surface area contributed by atoms with Crippen molar-refractivity contribution in [2.75, 3.05) is 6.54 Å². The maximum absolute atomic E-state index is 12.9. The van der Waals surface area contributed by atoms with Gasteiger partial charge in [0.25, 0.3) is 0 Å². The van der Waals surface area contributed by atoms with Crippen molar-refractivity contribution in [1.29, 1.82) is 0 Å². The first-order valence-corrected chi connectivity index (χ1v) is 7.22. The summed E-state index contributed by atoms with van der Waals surface area (Å²) in [5.41, 5.74) is -1.21. The van der Waals surface area contributed by atoms with Crippen LogP contribution < -0.4 is 0 Å². The molecule has 0 bridgehead atoms. The molecule has 0 saturated carbocycles. The Morgan fingerprint density at radius 2 is 2.04 bits per heavy atom. The first-order valence-electron chi connectivity index (χ1n) is 7.22. The Balaban J connectivity index is 2.40. The molecule has 23 heavy (non-hydrogen) atoms. The van der Waals surface area contributed by atoms with Gasteiger partial charge in [0.1, 0.15) is 6.54 Å². The molecule has 2 rings (SSSR count). The van der Waals surface area contributed by atoms with Crippen LogP contribution in [0.4, 0.5) is 13.2 Å². The highest BCUT2D eigenvalue weighted by Crippen LogP contribution is 2.41. The van der Waals surface area contributed by atoms with Crippen molar-refractivity contribution < 1.29 is 27.9 Å². The van der Waals surface area contributed by atoms with E-state index in [4.69, 9.17) is 5.11 Å². The van der Waals surface area contributed by atoms with E-state index in [0.29, 0.717) is 18.4 Å². The summed E-state index contributed by atoms with van der Waals surface area (Å²) in [6, 6.07) is 4.07. The molecule has 1 N–H and O–H groups in total. The molecule has 1 amide bonds.